The number of nitrogens with zero attached hydrogens (tertiary/aromatic N) is 5. The first-order valence-electron chi connectivity index (χ1n) is 5.30. The smallest absolute Gasteiger partial charge is 0.230 e. The Morgan fingerprint density at radius 3 is 2.56 bits per heavy atom. The molecule has 0 saturated carbocycles. The fourth-order valence-corrected chi connectivity index (χ4v) is 1.66. The van der Waals surface area contributed by atoms with E-state index in [0.717, 1.165) is 6.42 Å². The van der Waals surface area contributed by atoms with Crippen molar-refractivity contribution in [3.05, 3.63) is 5.82 Å². The molecule has 0 spiro atoms. The number of aryl methyl sites for hydroxylation is 1. The van der Waals surface area contributed by atoms with Crippen LogP contribution < -0.4 is 0 Å². The quantitative estimate of drug-likeness (QED) is 0.656. The van der Waals surface area contributed by atoms with Gasteiger partial charge in [0.2, 0.25) is 11.8 Å². The van der Waals surface area contributed by atoms with Gasteiger partial charge in [-0.2, -0.15) is 0 Å². The van der Waals surface area contributed by atoms with Crippen LogP contribution in [0.25, 0.3) is 0 Å². The zero-order chi connectivity index (χ0) is 11.5. The molecular formula is C9H13N5O2. The molecule has 0 aliphatic carbocycles. The third-order valence-corrected chi connectivity index (χ3v) is 2.50. The number of carbonyl (C=O) groups excluding carboxylic acids is 2. The van der Waals surface area contributed by atoms with Gasteiger partial charge in [-0.25, -0.2) is 4.68 Å². The second kappa shape index (κ2) is 4.38. The molecule has 1 aromatic rings. The van der Waals surface area contributed by atoms with E-state index in [-0.39, 0.29) is 18.4 Å². The molecule has 1 aliphatic heterocycles. The molecule has 1 aromatic heterocycles. The molecule has 7 heteroatoms. The van der Waals surface area contributed by atoms with Gasteiger partial charge in [0.1, 0.15) is 0 Å². The third kappa shape index (κ3) is 1.93. The van der Waals surface area contributed by atoms with Crippen LogP contribution in [0.1, 0.15) is 32.0 Å². The number of imide groups is 1. The van der Waals surface area contributed by atoms with Crippen molar-refractivity contribution in [2.45, 2.75) is 39.3 Å². The molecule has 0 atom stereocenters. The number of amides is 2. The highest BCUT2D eigenvalue weighted by atomic mass is 16.2. The van der Waals surface area contributed by atoms with Crippen molar-refractivity contribution in [2.24, 2.45) is 0 Å². The highest BCUT2D eigenvalue weighted by Gasteiger charge is 2.30. The van der Waals surface area contributed by atoms with Gasteiger partial charge < -0.3 is 0 Å². The van der Waals surface area contributed by atoms with Crippen LogP contribution in [0.15, 0.2) is 0 Å². The van der Waals surface area contributed by atoms with E-state index >= 15 is 0 Å². The Kier molecular flexibility index (Phi) is 2.93. The Labute approximate surface area is 92.4 Å². The van der Waals surface area contributed by atoms with Gasteiger partial charge in [0.15, 0.2) is 5.82 Å². The number of likely N-dealkylation sites (tertiary alicyclic amines) is 1. The summed E-state index contributed by atoms with van der Waals surface area (Å²) in [5, 5.41) is 11.2. The van der Waals surface area contributed by atoms with Crippen molar-refractivity contribution in [3.8, 4) is 0 Å². The summed E-state index contributed by atoms with van der Waals surface area (Å²) in [4.78, 5) is 24.0. The summed E-state index contributed by atoms with van der Waals surface area (Å²) in [6.07, 6.45) is 1.50. The predicted molar refractivity (Wildman–Crippen MR) is 52.9 cm³/mol. The minimum atomic E-state index is -0.143. The van der Waals surface area contributed by atoms with Gasteiger partial charge in [-0.05, 0) is 16.8 Å². The van der Waals surface area contributed by atoms with Crippen LogP contribution in [0, 0.1) is 0 Å². The first-order valence-corrected chi connectivity index (χ1v) is 5.30. The van der Waals surface area contributed by atoms with Crippen LogP contribution >= 0.6 is 0 Å². The lowest BCUT2D eigenvalue weighted by atomic mass is 10.4. The molecule has 7 nitrogen and oxygen atoms in total. The van der Waals surface area contributed by atoms with Crippen molar-refractivity contribution < 1.29 is 9.59 Å². The van der Waals surface area contributed by atoms with Crippen LogP contribution in [0.2, 0.25) is 0 Å². The maximum atomic E-state index is 11.4. The number of rotatable bonds is 4. The molecule has 2 amide bonds. The van der Waals surface area contributed by atoms with Crippen LogP contribution in [-0.2, 0) is 22.7 Å². The van der Waals surface area contributed by atoms with Crippen molar-refractivity contribution in [2.75, 3.05) is 0 Å². The van der Waals surface area contributed by atoms with Crippen molar-refractivity contribution in [1.29, 1.82) is 0 Å². The monoisotopic (exact) mass is 223 g/mol. The summed E-state index contributed by atoms with van der Waals surface area (Å²) in [5.41, 5.74) is 0. The van der Waals surface area contributed by atoms with E-state index in [1.807, 2.05) is 6.92 Å². The lowest BCUT2D eigenvalue weighted by molar-refractivity contribution is -0.139. The lowest BCUT2D eigenvalue weighted by Gasteiger charge is -2.12. The number of carbonyl (C=O) groups is 2. The van der Waals surface area contributed by atoms with E-state index in [4.69, 9.17) is 0 Å². The molecule has 1 fully saturated rings. The van der Waals surface area contributed by atoms with Crippen LogP contribution in [0.5, 0.6) is 0 Å². The molecule has 0 aromatic carbocycles. The van der Waals surface area contributed by atoms with E-state index in [1.54, 1.807) is 4.68 Å². The highest BCUT2D eigenvalue weighted by Crippen LogP contribution is 2.14. The van der Waals surface area contributed by atoms with E-state index in [1.165, 1.54) is 4.90 Å². The van der Waals surface area contributed by atoms with Gasteiger partial charge in [-0.3, -0.25) is 14.5 Å². The zero-order valence-electron chi connectivity index (χ0n) is 9.09. The maximum Gasteiger partial charge on any atom is 0.230 e. The van der Waals surface area contributed by atoms with E-state index < -0.39 is 0 Å². The molecule has 2 rings (SSSR count). The minimum absolute atomic E-state index is 0.143. The van der Waals surface area contributed by atoms with E-state index in [2.05, 4.69) is 15.5 Å². The van der Waals surface area contributed by atoms with Crippen LogP contribution in [0.4, 0.5) is 0 Å². The number of hydrogen-bond acceptors (Lipinski definition) is 5. The maximum absolute atomic E-state index is 11.4. The Balaban J connectivity index is 2.11. The van der Waals surface area contributed by atoms with Gasteiger partial charge in [-0.15, -0.1) is 5.10 Å². The molecule has 0 bridgehead atoms. The SMILES string of the molecule is CCCn1nnnc1CN1C(=O)CCC1=O. The summed E-state index contributed by atoms with van der Waals surface area (Å²) < 4.78 is 1.62. The molecule has 1 saturated heterocycles. The van der Waals surface area contributed by atoms with Gasteiger partial charge >= 0.3 is 0 Å². The first kappa shape index (κ1) is 10.7. The van der Waals surface area contributed by atoms with Gasteiger partial charge in [0.25, 0.3) is 0 Å². The van der Waals surface area contributed by atoms with Gasteiger partial charge in [0.05, 0.1) is 6.54 Å². The van der Waals surface area contributed by atoms with Crippen LogP contribution in [0.3, 0.4) is 0 Å². The summed E-state index contributed by atoms with van der Waals surface area (Å²) in [6.45, 7) is 2.89. The Bertz CT molecular complexity index is 398. The summed E-state index contributed by atoms with van der Waals surface area (Å²) >= 11 is 0. The molecule has 0 unspecified atom stereocenters. The molecule has 1 aliphatic rings. The molecule has 0 N–H and O–H groups in total. The fourth-order valence-electron chi connectivity index (χ4n) is 1.66. The molecular weight excluding hydrogens is 210 g/mol. The predicted octanol–water partition coefficient (Wildman–Crippen LogP) is -0.268. The summed E-state index contributed by atoms with van der Waals surface area (Å²) in [6, 6.07) is 0. The molecule has 86 valence electrons. The number of hydrogen-bond donors (Lipinski definition) is 0. The highest BCUT2D eigenvalue weighted by molar-refractivity contribution is 6.01. The van der Waals surface area contributed by atoms with Crippen molar-refractivity contribution in [1.82, 2.24) is 25.1 Å². The fraction of sp³-hybridized carbons (Fsp3) is 0.667. The average Bonchev–Trinajstić information content (AvgIpc) is 2.81. The second-order valence-electron chi connectivity index (χ2n) is 3.69. The topological polar surface area (TPSA) is 81.0 Å². The number of aromatic nitrogens is 4. The third-order valence-electron chi connectivity index (χ3n) is 2.50. The second-order valence-corrected chi connectivity index (χ2v) is 3.69. The Hall–Kier alpha value is -1.79. The molecule has 2 heterocycles. The Morgan fingerprint density at radius 1 is 1.25 bits per heavy atom. The Morgan fingerprint density at radius 2 is 1.94 bits per heavy atom. The van der Waals surface area contributed by atoms with Crippen molar-refractivity contribution >= 4 is 11.8 Å². The first-order chi connectivity index (χ1) is 7.72. The lowest BCUT2D eigenvalue weighted by Crippen LogP contribution is -2.30. The average molecular weight is 223 g/mol. The van der Waals surface area contributed by atoms with Gasteiger partial charge in [0, 0.05) is 19.4 Å². The van der Waals surface area contributed by atoms with E-state index in [0.29, 0.717) is 25.2 Å². The van der Waals surface area contributed by atoms with Crippen molar-refractivity contribution in [3.63, 3.8) is 0 Å². The summed E-state index contributed by atoms with van der Waals surface area (Å²) in [7, 11) is 0. The number of tetrazole rings is 1. The largest absolute Gasteiger partial charge is 0.275 e. The normalized spacial score (nSPS) is 16.2. The standard InChI is InChI=1S/C9H13N5O2/c1-2-5-14-7(10-11-12-14)6-13-8(15)3-4-9(13)16/h2-6H2,1H3. The minimum Gasteiger partial charge on any atom is -0.275 e. The molecule has 16 heavy (non-hydrogen) atoms. The van der Waals surface area contributed by atoms with E-state index in [9.17, 15) is 9.59 Å². The van der Waals surface area contributed by atoms with Gasteiger partial charge in [-0.1, -0.05) is 6.92 Å². The summed E-state index contributed by atoms with van der Waals surface area (Å²) in [5.74, 6) is 0.276. The molecule has 0 radical (unpaired) electrons. The zero-order valence-corrected chi connectivity index (χ0v) is 9.09. The van der Waals surface area contributed by atoms with Crippen LogP contribution in [-0.4, -0.2) is 36.9 Å².